The molecule has 0 radical (unpaired) electrons. The standard InChI is InChI=1S/C29H36N2O5S.ClH/c1-4-36-29(33)26-25-20(17-30-14-6-5-7-15-30)22(32)12-11-21(25)31(19-9-10-19)27(26)28(37)18-8-13-23(34-2)24(16-18)35-3;/h8,11-13,16,19,28,32,37H,4-7,9-10,14-15,17H2,1-3H3;1H. The smallest absolute Gasteiger partial charge is 0.340 e. The topological polar surface area (TPSA) is 73.2 Å². The number of halogens is 1. The second-order valence-electron chi connectivity index (χ2n) is 9.89. The number of ether oxygens (including phenoxy) is 3. The number of nitrogens with zero attached hydrogens (tertiary/aromatic N) is 2. The molecule has 2 fully saturated rings. The van der Waals surface area contributed by atoms with Crippen molar-refractivity contribution in [2.24, 2.45) is 0 Å². The van der Waals surface area contributed by atoms with Gasteiger partial charge in [0.15, 0.2) is 11.5 Å². The van der Waals surface area contributed by atoms with E-state index in [-0.39, 0.29) is 36.8 Å². The van der Waals surface area contributed by atoms with E-state index in [1.807, 2.05) is 31.2 Å². The van der Waals surface area contributed by atoms with Crippen molar-refractivity contribution in [1.82, 2.24) is 9.47 Å². The molecule has 1 saturated carbocycles. The highest BCUT2D eigenvalue weighted by molar-refractivity contribution is 7.80. The van der Waals surface area contributed by atoms with Gasteiger partial charge in [-0.2, -0.15) is 12.6 Å². The molecular weight excluding hydrogens is 524 g/mol. The number of aromatic hydroxyl groups is 1. The number of carbonyl (C=O) groups is 1. The van der Waals surface area contributed by atoms with Gasteiger partial charge < -0.3 is 23.9 Å². The fourth-order valence-corrected chi connectivity index (χ4v) is 5.98. The summed E-state index contributed by atoms with van der Waals surface area (Å²) < 4.78 is 18.9. The van der Waals surface area contributed by atoms with Gasteiger partial charge in [0.1, 0.15) is 5.75 Å². The Hall–Kier alpha value is -2.55. The molecule has 1 saturated heterocycles. The number of hydrogen-bond acceptors (Lipinski definition) is 7. The number of fused-ring (bicyclic) bond motifs is 1. The van der Waals surface area contributed by atoms with E-state index in [1.165, 1.54) is 6.42 Å². The Morgan fingerprint density at radius 2 is 1.79 bits per heavy atom. The first kappa shape index (κ1) is 28.5. The van der Waals surface area contributed by atoms with Gasteiger partial charge >= 0.3 is 5.97 Å². The van der Waals surface area contributed by atoms with Gasteiger partial charge in [-0.1, -0.05) is 12.5 Å². The summed E-state index contributed by atoms with van der Waals surface area (Å²) in [5.41, 5.74) is 3.93. The molecule has 38 heavy (non-hydrogen) atoms. The highest BCUT2D eigenvalue weighted by atomic mass is 35.5. The molecule has 1 aliphatic carbocycles. The van der Waals surface area contributed by atoms with E-state index in [0.29, 0.717) is 23.6 Å². The molecule has 206 valence electrons. The molecule has 2 heterocycles. The number of carbonyl (C=O) groups excluding carboxylic acids is 1. The third-order valence-electron chi connectivity index (χ3n) is 7.50. The summed E-state index contributed by atoms with van der Waals surface area (Å²) in [5, 5.41) is 11.4. The number of esters is 1. The van der Waals surface area contributed by atoms with Crippen LogP contribution >= 0.6 is 25.0 Å². The van der Waals surface area contributed by atoms with Crippen LogP contribution in [0.25, 0.3) is 10.9 Å². The predicted octanol–water partition coefficient (Wildman–Crippen LogP) is 6.30. The molecule has 1 N–H and O–H groups in total. The molecular formula is C29H37ClN2O5S. The lowest BCUT2D eigenvalue weighted by Gasteiger charge is -2.27. The van der Waals surface area contributed by atoms with Crippen LogP contribution in [-0.2, 0) is 11.3 Å². The van der Waals surface area contributed by atoms with Crippen LogP contribution in [0.2, 0.25) is 0 Å². The zero-order valence-corrected chi connectivity index (χ0v) is 23.9. The van der Waals surface area contributed by atoms with Gasteiger partial charge in [0.25, 0.3) is 0 Å². The molecule has 2 aliphatic rings. The number of thiol groups is 1. The van der Waals surface area contributed by atoms with Crippen LogP contribution in [0.1, 0.15) is 77.5 Å². The molecule has 3 aromatic rings. The fourth-order valence-electron chi connectivity index (χ4n) is 5.57. The van der Waals surface area contributed by atoms with Gasteiger partial charge in [-0.3, -0.25) is 4.90 Å². The van der Waals surface area contributed by atoms with Crippen molar-refractivity contribution in [3.8, 4) is 17.2 Å². The summed E-state index contributed by atoms with van der Waals surface area (Å²) in [7, 11) is 3.21. The van der Waals surface area contributed by atoms with E-state index in [9.17, 15) is 9.90 Å². The Bertz CT molecular complexity index is 1300. The lowest BCUT2D eigenvalue weighted by molar-refractivity contribution is 0.0527. The molecule has 1 atom stereocenters. The summed E-state index contributed by atoms with van der Waals surface area (Å²) in [5.74, 6) is 1.07. The third-order valence-corrected chi connectivity index (χ3v) is 8.04. The molecule has 9 heteroatoms. The van der Waals surface area contributed by atoms with Gasteiger partial charge in [0, 0.05) is 23.5 Å². The van der Waals surface area contributed by atoms with Gasteiger partial charge in [-0.15, -0.1) is 12.4 Å². The number of piperidine rings is 1. The Morgan fingerprint density at radius 1 is 1.08 bits per heavy atom. The number of hydrogen-bond donors (Lipinski definition) is 2. The summed E-state index contributed by atoms with van der Waals surface area (Å²) in [6, 6.07) is 9.70. The highest BCUT2D eigenvalue weighted by Gasteiger charge is 2.37. The summed E-state index contributed by atoms with van der Waals surface area (Å²) in [6.07, 6.45) is 5.60. The van der Waals surface area contributed by atoms with Crippen LogP contribution in [0.3, 0.4) is 0 Å². The first-order chi connectivity index (χ1) is 18.0. The molecule has 1 aromatic heterocycles. The van der Waals surface area contributed by atoms with Crippen molar-refractivity contribution < 1.29 is 24.1 Å². The number of aromatic nitrogens is 1. The number of rotatable bonds is 9. The maximum Gasteiger partial charge on any atom is 0.340 e. The molecule has 2 aromatic carbocycles. The van der Waals surface area contributed by atoms with E-state index >= 15 is 0 Å². The van der Waals surface area contributed by atoms with Crippen LogP contribution in [-0.4, -0.2) is 54.5 Å². The van der Waals surface area contributed by atoms with Crippen LogP contribution < -0.4 is 9.47 Å². The number of methoxy groups -OCH3 is 2. The van der Waals surface area contributed by atoms with E-state index in [1.54, 1.807) is 20.3 Å². The zero-order valence-electron chi connectivity index (χ0n) is 22.2. The summed E-state index contributed by atoms with van der Waals surface area (Å²) in [4.78, 5) is 16.0. The minimum absolute atomic E-state index is 0. The molecule has 1 unspecified atom stereocenters. The van der Waals surface area contributed by atoms with Crippen LogP contribution in [0, 0.1) is 0 Å². The first-order valence-corrected chi connectivity index (χ1v) is 13.7. The van der Waals surface area contributed by atoms with Crippen molar-refractivity contribution >= 4 is 41.9 Å². The van der Waals surface area contributed by atoms with Crippen molar-refractivity contribution in [3.63, 3.8) is 0 Å². The van der Waals surface area contributed by atoms with Crippen LogP contribution in [0.5, 0.6) is 17.2 Å². The van der Waals surface area contributed by atoms with Crippen LogP contribution in [0.15, 0.2) is 30.3 Å². The number of phenolic OH excluding ortho intramolecular Hbond substituents is 1. The molecule has 5 rings (SSSR count). The normalized spacial score (nSPS) is 16.6. The predicted molar refractivity (Wildman–Crippen MR) is 155 cm³/mol. The van der Waals surface area contributed by atoms with Gasteiger partial charge in [-0.25, -0.2) is 4.79 Å². The second kappa shape index (κ2) is 12.1. The largest absolute Gasteiger partial charge is 0.508 e. The van der Waals surface area contributed by atoms with Crippen molar-refractivity contribution in [2.45, 2.75) is 56.9 Å². The Balaban J connectivity index is 0.00000336. The second-order valence-corrected chi connectivity index (χ2v) is 10.4. The van der Waals surface area contributed by atoms with E-state index in [4.69, 9.17) is 26.8 Å². The zero-order chi connectivity index (χ0) is 26.1. The third kappa shape index (κ3) is 5.31. The number of phenols is 1. The Kier molecular flexibility index (Phi) is 9.06. The van der Waals surface area contributed by atoms with Gasteiger partial charge in [0.2, 0.25) is 0 Å². The van der Waals surface area contributed by atoms with E-state index in [2.05, 4.69) is 9.47 Å². The van der Waals surface area contributed by atoms with Crippen molar-refractivity contribution in [1.29, 1.82) is 0 Å². The summed E-state index contributed by atoms with van der Waals surface area (Å²) >= 11 is 5.09. The molecule has 0 amide bonds. The first-order valence-electron chi connectivity index (χ1n) is 13.2. The summed E-state index contributed by atoms with van der Waals surface area (Å²) in [6.45, 7) is 4.65. The number of likely N-dealkylation sites (tertiary alicyclic amines) is 1. The van der Waals surface area contributed by atoms with Gasteiger partial charge in [-0.05, 0) is 75.5 Å². The SMILES string of the molecule is CCOC(=O)c1c(C(S)c2ccc(OC)c(OC)c2)n(C2CC2)c2ccc(O)c(CN3CCCCC3)c12.Cl. The maximum absolute atomic E-state index is 13.6. The van der Waals surface area contributed by atoms with E-state index in [0.717, 1.165) is 66.5 Å². The van der Waals surface area contributed by atoms with Crippen LogP contribution in [0.4, 0.5) is 0 Å². The fraction of sp³-hybridized carbons (Fsp3) is 0.483. The Morgan fingerprint density at radius 3 is 2.42 bits per heavy atom. The lowest BCUT2D eigenvalue weighted by atomic mass is 9.99. The average Bonchev–Trinajstić information content (AvgIpc) is 3.70. The number of benzene rings is 2. The molecule has 1 aliphatic heterocycles. The van der Waals surface area contributed by atoms with Crippen molar-refractivity contribution in [3.05, 3.63) is 52.7 Å². The molecule has 0 spiro atoms. The Labute approximate surface area is 235 Å². The van der Waals surface area contributed by atoms with Crippen molar-refractivity contribution in [2.75, 3.05) is 33.9 Å². The van der Waals surface area contributed by atoms with E-state index < -0.39 is 5.25 Å². The monoisotopic (exact) mass is 560 g/mol. The lowest BCUT2D eigenvalue weighted by Crippen LogP contribution is -2.29. The average molecular weight is 561 g/mol. The molecule has 7 nitrogen and oxygen atoms in total. The molecule has 0 bridgehead atoms. The van der Waals surface area contributed by atoms with Gasteiger partial charge in [0.05, 0.1) is 42.9 Å². The minimum Gasteiger partial charge on any atom is -0.508 e. The maximum atomic E-state index is 13.6. The highest BCUT2D eigenvalue weighted by Crippen LogP contribution is 2.48. The minimum atomic E-state index is -0.419. The quantitative estimate of drug-likeness (QED) is 0.236.